The van der Waals surface area contributed by atoms with E-state index in [1.807, 2.05) is 0 Å². The molecule has 0 aliphatic heterocycles. The Morgan fingerprint density at radius 1 is 1.33 bits per heavy atom. The highest BCUT2D eigenvalue weighted by atomic mass is 16.1. The van der Waals surface area contributed by atoms with E-state index >= 15 is 0 Å². The molecular formula is C13H22N4O. The lowest BCUT2D eigenvalue weighted by molar-refractivity contribution is 0.0994. The molecule has 1 rings (SSSR count). The number of nitrogens with two attached hydrogens (primary N) is 1. The summed E-state index contributed by atoms with van der Waals surface area (Å²) in [6.45, 7) is 4.33. The molecule has 1 atom stereocenters. The average Bonchev–Trinajstić information content (AvgIpc) is 2.35. The summed E-state index contributed by atoms with van der Waals surface area (Å²) in [7, 11) is 0. The lowest BCUT2D eigenvalue weighted by Crippen LogP contribution is -2.18. The maximum atomic E-state index is 10.8. The summed E-state index contributed by atoms with van der Waals surface area (Å²) in [5.74, 6) is 0.129. The highest BCUT2D eigenvalue weighted by Crippen LogP contribution is 2.10. The van der Waals surface area contributed by atoms with E-state index < -0.39 is 5.91 Å². The number of aromatic nitrogens is 2. The van der Waals surface area contributed by atoms with E-state index in [1.54, 1.807) is 12.1 Å². The van der Waals surface area contributed by atoms with Crippen LogP contribution >= 0.6 is 0 Å². The standard InChI is InChI=1S/C13H22N4O/c1-3-4-5-6-7-10(2)15-12-9-8-11(13(14)18)16-17-12/h8-10H,3-7H2,1-2H3,(H2,14,18)(H,15,17). The second kappa shape index (κ2) is 7.63. The smallest absolute Gasteiger partial charge is 0.269 e. The Balaban J connectivity index is 2.35. The molecule has 1 heterocycles. The van der Waals surface area contributed by atoms with Crippen LogP contribution < -0.4 is 11.1 Å². The van der Waals surface area contributed by atoms with Gasteiger partial charge in [0, 0.05) is 6.04 Å². The first-order valence-electron chi connectivity index (χ1n) is 6.53. The number of nitrogens with zero attached hydrogens (tertiary/aromatic N) is 2. The molecule has 5 heteroatoms. The molecule has 0 radical (unpaired) electrons. The van der Waals surface area contributed by atoms with Crippen molar-refractivity contribution in [2.45, 2.75) is 52.0 Å². The van der Waals surface area contributed by atoms with Crippen LogP contribution in [0.2, 0.25) is 0 Å². The molecule has 0 fully saturated rings. The molecule has 1 aromatic heterocycles. The first kappa shape index (κ1) is 14.4. The fourth-order valence-corrected chi connectivity index (χ4v) is 1.74. The molecule has 18 heavy (non-hydrogen) atoms. The van der Waals surface area contributed by atoms with Crippen LogP contribution in [0.25, 0.3) is 0 Å². The molecule has 1 amide bonds. The van der Waals surface area contributed by atoms with Crippen molar-refractivity contribution in [2.75, 3.05) is 5.32 Å². The van der Waals surface area contributed by atoms with Gasteiger partial charge in [0.1, 0.15) is 5.82 Å². The largest absolute Gasteiger partial charge is 0.366 e. The van der Waals surface area contributed by atoms with Gasteiger partial charge < -0.3 is 11.1 Å². The van der Waals surface area contributed by atoms with Gasteiger partial charge in [0.25, 0.3) is 5.91 Å². The van der Waals surface area contributed by atoms with E-state index in [0.29, 0.717) is 11.9 Å². The van der Waals surface area contributed by atoms with Gasteiger partial charge in [0.2, 0.25) is 0 Å². The SMILES string of the molecule is CCCCCCC(C)Nc1ccc(C(N)=O)nn1. The van der Waals surface area contributed by atoms with E-state index in [2.05, 4.69) is 29.4 Å². The second-order valence-corrected chi connectivity index (χ2v) is 4.56. The summed E-state index contributed by atoms with van der Waals surface area (Å²) >= 11 is 0. The third-order valence-electron chi connectivity index (χ3n) is 2.80. The van der Waals surface area contributed by atoms with Crippen LogP contribution in [-0.4, -0.2) is 22.1 Å². The summed E-state index contributed by atoms with van der Waals surface area (Å²) in [6.07, 6.45) is 6.14. The average molecular weight is 250 g/mol. The van der Waals surface area contributed by atoms with Crippen molar-refractivity contribution >= 4 is 11.7 Å². The third kappa shape index (κ3) is 5.12. The number of rotatable bonds is 8. The number of anilines is 1. The van der Waals surface area contributed by atoms with Crippen molar-refractivity contribution in [2.24, 2.45) is 5.73 Å². The van der Waals surface area contributed by atoms with E-state index in [4.69, 9.17) is 5.73 Å². The Kier molecular flexibility index (Phi) is 6.11. The monoisotopic (exact) mass is 250 g/mol. The molecule has 1 unspecified atom stereocenters. The van der Waals surface area contributed by atoms with Crippen molar-refractivity contribution in [3.8, 4) is 0 Å². The Labute approximate surface area is 108 Å². The van der Waals surface area contributed by atoms with Crippen LogP contribution in [0, 0.1) is 0 Å². The Morgan fingerprint density at radius 3 is 2.67 bits per heavy atom. The zero-order valence-electron chi connectivity index (χ0n) is 11.1. The summed E-state index contributed by atoms with van der Waals surface area (Å²) in [6, 6.07) is 3.67. The van der Waals surface area contributed by atoms with Gasteiger partial charge in [-0.1, -0.05) is 32.6 Å². The van der Waals surface area contributed by atoms with Crippen LogP contribution in [0.1, 0.15) is 56.4 Å². The minimum Gasteiger partial charge on any atom is -0.366 e. The normalized spacial score (nSPS) is 12.1. The number of amides is 1. The quantitative estimate of drug-likeness (QED) is 0.694. The number of carbonyl (C=O) groups excluding carboxylic acids is 1. The Morgan fingerprint density at radius 2 is 2.11 bits per heavy atom. The van der Waals surface area contributed by atoms with Gasteiger partial charge in [0.15, 0.2) is 5.69 Å². The van der Waals surface area contributed by atoms with Crippen molar-refractivity contribution < 1.29 is 4.79 Å². The lowest BCUT2D eigenvalue weighted by Gasteiger charge is -2.13. The molecule has 0 aliphatic rings. The zero-order chi connectivity index (χ0) is 13.4. The summed E-state index contributed by atoms with van der Waals surface area (Å²) in [4.78, 5) is 10.8. The van der Waals surface area contributed by atoms with Gasteiger partial charge in [-0.3, -0.25) is 4.79 Å². The fourth-order valence-electron chi connectivity index (χ4n) is 1.74. The number of unbranched alkanes of at least 4 members (excludes halogenated alkanes) is 3. The molecule has 0 saturated heterocycles. The summed E-state index contributed by atoms with van der Waals surface area (Å²) < 4.78 is 0. The minimum absolute atomic E-state index is 0.191. The van der Waals surface area contributed by atoms with E-state index in [1.165, 1.54) is 25.7 Å². The molecule has 0 aliphatic carbocycles. The van der Waals surface area contributed by atoms with E-state index in [0.717, 1.165) is 6.42 Å². The zero-order valence-corrected chi connectivity index (χ0v) is 11.1. The Hall–Kier alpha value is -1.65. The maximum Gasteiger partial charge on any atom is 0.269 e. The molecule has 100 valence electrons. The van der Waals surface area contributed by atoms with Crippen LogP contribution in [0.3, 0.4) is 0 Å². The number of primary amides is 1. The third-order valence-corrected chi connectivity index (χ3v) is 2.80. The van der Waals surface area contributed by atoms with Crippen molar-refractivity contribution in [3.05, 3.63) is 17.8 Å². The fraction of sp³-hybridized carbons (Fsp3) is 0.615. The molecule has 0 saturated carbocycles. The molecule has 3 N–H and O–H groups in total. The van der Waals surface area contributed by atoms with Gasteiger partial charge in [0.05, 0.1) is 0 Å². The van der Waals surface area contributed by atoms with Crippen molar-refractivity contribution in [3.63, 3.8) is 0 Å². The number of hydrogen-bond acceptors (Lipinski definition) is 4. The molecule has 0 aromatic carbocycles. The topological polar surface area (TPSA) is 80.9 Å². The molecule has 5 nitrogen and oxygen atoms in total. The number of hydrogen-bond donors (Lipinski definition) is 2. The van der Waals surface area contributed by atoms with Crippen LogP contribution in [-0.2, 0) is 0 Å². The van der Waals surface area contributed by atoms with Crippen LogP contribution in [0.5, 0.6) is 0 Å². The van der Waals surface area contributed by atoms with Crippen LogP contribution in [0.4, 0.5) is 5.82 Å². The van der Waals surface area contributed by atoms with Gasteiger partial charge in [-0.2, -0.15) is 0 Å². The van der Waals surface area contributed by atoms with E-state index in [-0.39, 0.29) is 5.69 Å². The van der Waals surface area contributed by atoms with Gasteiger partial charge >= 0.3 is 0 Å². The van der Waals surface area contributed by atoms with Crippen LogP contribution in [0.15, 0.2) is 12.1 Å². The van der Waals surface area contributed by atoms with Crippen molar-refractivity contribution in [1.29, 1.82) is 0 Å². The molecular weight excluding hydrogens is 228 g/mol. The predicted molar refractivity (Wildman–Crippen MR) is 72.4 cm³/mol. The first-order valence-corrected chi connectivity index (χ1v) is 6.53. The minimum atomic E-state index is -0.554. The first-order chi connectivity index (χ1) is 8.63. The number of carbonyl (C=O) groups is 1. The summed E-state index contributed by atoms with van der Waals surface area (Å²) in [5.41, 5.74) is 5.29. The highest BCUT2D eigenvalue weighted by molar-refractivity contribution is 5.90. The molecule has 0 spiro atoms. The predicted octanol–water partition coefficient (Wildman–Crippen LogP) is 2.35. The molecule has 0 bridgehead atoms. The van der Waals surface area contributed by atoms with Crippen molar-refractivity contribution in [1.82, 2.24) is 10.2 Å². The van der Waals surface area contributed by atoms with Gasteiger partial charge in [-0.25, -0.2) is 0 Å². The second-order valence-electron chi connectivity index (χ2n) is 4.56. The molecule has 1 aromatic rings. The summed E-state index contributed by atoms with van der Waals surface area (Å²) in [5, 5.41) is 10.9. The lowest BCUT2D eigenvalue weighted by atomic mass is 10.1. The Bertz CT molecular complexity index is 364. The number of nitrogens with one attached hydrogen (secondary N) is 1. The highest BCUT2D eigenvalue weighted by Gasteiger charge is 2.05. The maximum absolute atomic E-state index is 10.8. The van der Waals surface area contributed by atoms with E-state index in [9.17, 15) is 4.79 Å². The van der Waals surface area contributed by atoms with Gasteiger partial charge in [-0.05, 0) is 25.5 Å². The van der Waals surface area contributed by atoms with Gasteiger partial charge in [-0.15, -0.1) is 10.2 Å².